The largest absolute Gasteiger partial charge is 0.351 e. The number of aryl methyl sites for hydroxylation is 1. The molecule has 0 aliphatic rings. The lowest BCUT2D eigenvalue weighted by Gasteiger charge is -2.16. The Morgan fingerprint density at radius 2 is 1.82 bits per heavy atom. The maximum Gasteiger partial charge on any atom is 0.234 e. The van der Waals surface area contributed by atoms with Gasteiger partial charge in [0.2, 0.25) is 5.91 Å². The highest BCUT2D eigenvalue weighted by Gasteiger charge is 2.07. The molecule has 0 unspecified atom stereocenters. The number of hydrogen-bond donors (Lipinski definition) is 1. The van der Waals surface area contributed by atoms with Gasteiger partial charge in [-0.1, -0.05) is 48.0 Å². The summed E-state index contributed by atoms with van der Waals surface area (Å²) in [6, 6.07) is 15.8. The zero-order valence-electron chi connectivity index (χ0n) is 13.0. The van der Waals surface area contributed by atoms with E-state index in [1.165, 1.54) is 5.56 Å². The van der Waals surface area contributed by atoms with Crippen LogP contribution >= 0.6 is 11.6 Å². The van der Waals surface area contributed by atoms with Crippen LogP contribution in [0.5, 0.6) is 0 Å². The van der Waals surface area contributed by atoms with E-state index in [0.29, 0.717) is 13.1 Å². The van der Waals surface area contributed by atoms with Gasteiger partial charge in [-0.2, -0.15) is 0 Å². The Morgan fingerprint density at radius 3 is 2.50 bits per heavy atom. The Labute approximate surface area is 136 Å². The van der Waals surface area contributed by atoms with Gasteiger partial charge < -0.3 is 5.32 Å². The highest BCUT2D eigenvalue weighted by Crippen LogP contribution is 2.11. The molecule has 0 saturated heterocycles. The van der Waals surface area contributed by atoms with E-state index in [9.17, 15) is 4.79 Å². The summed E-state index contributed by atoms with van der Waals surface area (Å²) in [7, 11) is 1.93. The smallest absolute Gasteiger partial charge is 0.234 e. The molecule has 0 aliphatic carbocycles. The van der Waals surface area contributed by atoms with Crippen molar-refractivity contribution in [2.24, 2.45) is 0 Å². The number of likely N-dealkylation sites (N-methyl/N-ethyl adjacent to an activating group) is 1. The van der Waals surface area contributed by atoms with Crippen molar-refractivity contribution in [3.05, 3.63) is 70.2 Å². The van der Waals surface area contributed by atoms with Gasteiger partial charge in [0.1, 0.15) is 0 Å². The number of hydrogen-bond acceptors (Lipinski definition) is 2. The lowest BCUT2D eigenvalue weighted by atomic mass is 10.1. The molecule has 3 nitrogen and oxygen atoms in total. The molecular formula is C18H21ClN2O. The first-order valence-electron chi connectivity index (χ1n) is 7.29. The van der Waals surface area contributed by atoms with Gasteiger partial charge in [0.15, 0.2) is 0 Å². The number of benzene rings is 2. The molecular weight excluding hydrogens is 296 g/mol. The summed E-state index contributed by atoms with van der Waals surface area (Å²) in [5, 5.41) is 3.69. The van der Waals surface area contributed by atoms with E-state index in [1.807, 2.05) is 67.4 Å². The summed E-state index contributed by atoms with van der Waals surface area (Å²) in [4.78, 5) is 14.0. The normalized spacial score (nSPS) is 10.7. The zero-order valence-corrected chi connectivity index (χ0v) is 13.7. The summed E-state index contributed by atoms with van der Waals surface area (Å²) in [5.74, 6) is 0.0275. The van der Waals surface area contributed by atoms with Gasteiger partial charge in [-0.15, -0.1) is 0 Å². The van der Waals surface area contributed by atoms with Crippen LogP contribution in [0.1, 0.15) is 16.7 Å². The second kappa shape index (κ2) is 7.97. The summed E-state index contributed by atoms with van der Waals surface area (Å²) < 4.78 is 0. The van der Waals surface area contributed by atoms with Gasteiger partial charge in [-0.25, -0.2) is 0 Å². The number of halogens is 1. The molecule has 4 heteroatoms. The van der Waals surface area contributed by atoms with Gasteiger partial charge in [0.25, 0.3) is 0 Å². The van der Waals surface area contributed by atoms with E-state index in [4.69, 9.17) is 11.6 Å². The van der Waals surface area contributed by atoms with E-state index < -0.39 is 0 Å². The molecule has 2 rings (SSSR count). The molecule has 1 N–H and O–H groups in total. The number of rotatable bonds is 6. The number of carbonyl (C=O) groups is 1. The summed E-state index contributed by atoms with van der Waals surface area (Å²) in [5.41, 5.74) is 3.48. The van der Waals surface area contributed by atoms with Crippen molar-refractivity contribution < 1.29 is 4.79 Å². The Bertz CT molecular complexity index is 625. The molecule has 0 heterocycles. The predicted octanol–water partition coefficient (Wildman–Crippen LogP) is 3.40. The van der Waals surface area contributed by atoms with Crippen molar-refractivity contribution in [1.82, 2.24) is 10.2 Å². The van der Waals surface area contributed by atoms with Crippen LogP contribution in [0.2, 0.25) is 5.02 Å². The molecule has 1 amide bonds. The van der Waals surface area contributed by atoms with E-state index in [1.54, 1.807) is 0 Å². The van der Waals surface area contributed by atoms with Gasteiger partial charge in [0, 0.05) is 18.1 Å². The number of nitrogens with one attached hydrogen (secondary N) is 1. The number of nitrogens with zero attached hydrogens (tertiary/aromatic N) is 1. The van der Waals surface area contributed by atoms with Crippen LogP contribution in [-0.4, -0.2) is 24.4 Å². The quantitative estimate of drug-likeness (QED) is 0.886. The van der Waals surface area contributed by atoms with Crippen LogP contribution in [0.15, 0.2) is 48.5 Å². The first-order valence-corrected chi connectivity index (χ1v) is 7.66. The fraction of sp³-hybridized carbons (Fsp3) is 0.278. The fourth-order valence-corrected chi connectivity index (χ4v) is 2.39. The third kappa shape index (κ3) is 5.17. The van der Waals surface area contributed by atoms with Crippen molar-refractivity contribution in [2.75, 3.05) is 13.6 Å². The van der Waals surface area contributed by atoms with Crippen LogP contribution in [0.3, 0.4) is 0 Å². The predicted molar refractivity (Wildman–Crippen MR) is 90.8 cm³/mol. The van der Waals surface area contributed by atoms with E-state index in [0.717, 1.165) is 22.7 Å². The zero-order chi connectivity index (χ0) is 15.9. The molecule has 0 aliphatic heterocycles. The van der Waals surface area contributed by atoms with Crippen LogP contribution in [0.4, 0.5) is 0 Å². The Morgan fingerprint density at radius 1 is 1.14 bits per heavy atom. The van der Waals surface area contributed by atoms with Crippen molar-refractivity contribution in [2.45, 2.75) is 20.0 Å². The van der Waals surface area contributed by atoms with Crippen molar-refractivity contribution in [3.63, 3.8) is 0 Å². The minimum absolute atomic E-state index is 0.0275. The van der Waals surface area contributed by atoms with Gasteiger partial charge in [0.05, 0.1) is 6.54 Å². The highest BCUT2D eigenvalue weighted by molar-refractivity contribution is 6.30. The van der Waals surface area contributed by atoms with Crippen molar-refractivity contribution >= 4 is 17.5 Å². The third-order valence-electron chi connectivity index (χ3n) is 3.52. The molecule has 0 saturated carbocycles. The van der Waals surface area contributed by atoms with Crippen LogP contribution in [0, 0.1) is 6.92 Å². The molecule has 2 aromatic rings. The second-order valence-corrected chi connectivity index (χ2v) is 5.94. The molecule has 0 fully saturated rings. The maximum absolute atomic E-state index is 12.0. The van der Waals surface area contributed by atoms with Gasteiger partial charge in [-0.3, -0.25) is 9.69 Å². The average Bonchev–Trinajstić information content (AvgIpc) is 2.49. The SMILES string of the molecule is Cc1ccccc1CNC(=O)CN(C)Cc1ccc(Cl)cc1. The third-order valence-corrected chi connectivity index (χ3v) is 3.77. The molecule has 0 atom stereocenters. The minimum Gasteiger partial charge on any atom is -0.351 e. The molecule has 22 heavy (non-hydrogen) atoms. The maximum atomic E-state index is 12.0. The van der Waals surface area contributed by atoms with E-state index in [-0.39, 0.29) is 5.91 Å². The molecule has 0 spiro atoms. The lowest BCUT2D eigenvalue weighted by Crippen LogP contribution is -2.34. The standard InChI is InChI=1S/C18H21ClN2O/c1-14-5-3-4-6-16(14)11-20-18(22)13-21(2)12-15-7-9-17(19)10-8-15/h3-10H,11-13H2,1-2H3,(H,20,22). The number of amides is 1. The number of carbonyl (C=O) groups excluding carboxylic acids is 1. The van der Waals surface area contributed by atoms with Gasteiger partial charge >= 0.3 is 0 Å². The topological polar surface area (TPSA) is 32.3 Å². The van der Waals surface area contributed by atoms with Crippen molar-refractivity contribution in [1.29, 1.82) is 0 Å². The lowest BCUT2D eigenvalue weighted by molar-refractivity contribution is -0.122. The van der Waals surface area contributed by atoms with Gasteiger partial charge in [-0.05, 0) is 42.8 Å². The van der Waals surface area contributed by atoms with Crippen molar-refractivity contribution in [3.8, 4) is 0 Å². The van der Waals surface area contributed by atoms with E-state index in [2.05, 4.69) is 5.32 Å². The fourth-order valence-electron chi connectivity index (χ4n) is 2.26. The summed E-state index contributed by atoms with van der Waals surface area (Å²) in [6.45, 7) is 3.71. The Balaban J connectivity index is 1.79. The first-order chi connectivity index (χ1) is 10.5. The molecule has 0 bridgehead atoms. The second-order valence-electron chi connectivity index (χ2n) is 5.50. The monoisotopic (exact) mass is 316 g/mol. The van der Waals surface area contributed by atoms with Crippen LogP contribution in [-0.2, 0) is 17.9 Å². The molecule has 0 aromatic heterocycles. The van der Waals surface area contributed by atoms with Crippen LogP contribution < -0.4 is 5.32 Å². The first kappa shape index (κ1) is 16.5. The van der Waals surface area contributed by atoms with Crippen LogP contribution in [0.25, 0.3) is 0 Å². The summed E-state index contributed by atoms with van der Waals surface area (Å²) in [6.07, 6.45) is 0. The molecule has 116 valence electrons. The minimum atomic E-state index is 0.0275. The Hall–Kier alpha value is -1.84. The summed E-state index contributed by atoms with van der Waals surface area (Å²) >= 11 is 5.87. The van der Waals surface area contributed by atoms with E-state index >= 15 is 0 Å². The molecule has 0 radical (unpaired) electrons. The average molecular weight is 317 g/mol. The highest BCUT2D eigenvalue weighted by atomic mass is 35.5. The Kier molecular flexibility index (Phi) is 5.99. The molecule has 2 aromatic carbocycles.